The zero-order valence-electron chi connectivity index (χ0n) is 9.98. The highest BCUT2D eigenvalue weighted by atomic mass is 79.9. The molecule has 0 aliphatic heterocycles. The minimum absolute atomic E-state index is 0.297. The maximum absolute atomic E-state index is 9.89. The van der Waals surface area contributed by atoms with Crippen LogP contribution in [0.3, 0.4) is 0 Å². The van der Waals surface area contributed by atoms with Gasteiger partial charge in [0.25, 0.3) is 0 Å². The molecule has 0 bridgehead atoms. The lowest BCUT2D eigenvalue weighted by Gasteiger charge is -2.10. The predicted octanol–water partition coefficient (Wildman–Crippen LogP) is 4.49. The molecule has 0 saturated carbocycles. The van der Waals surface area contributed by atoms with Gasteiger partial charge in [0.15, 0.2) is 0 Å². The first-order chi connectivity index (χ1) is 8.70. The van der Waals surface area contributed by atoms with Crippen molar-refractivity contribution in [2.24, 2.45) is 0 Å². The van der Waals surface area contributed by atoms with Crippen LogP contribution in [0, 0.1) is 0 Å². The average Bonchev–Trinajstić information content (AvgIpc) is 2.41. The number of phenols is 1. The molecule has 0 fully saturated rings. The van der Waals surface area contributed by atoms with Crippen molar-refractivity contribution in [3.05, 3.63) is 52.5 Å². The number of rotatable bonds is 4. The molecule has 0 aliphatic rings. The van der Waals surface area contributed by atoms with Crippen LogP contribution in [0.4, 0.5) is 5.69 Å². The SMILES string of the molecule is CSc1cccc(NCc2cccc(Br)c2O)c1. The van der Waals surface area contributed by atoms with E-state index in [2.05, 4.69) is 39.6 Å². The molecule has 0 atom stereocenters. The van der Waals surface area contributed by atoms with E-state index in [9.17, 15) is 5.11 Å². The number of nitrogens with one attached hydrogen (secondary N) is 1. The van der Waals surface area contributed by atoms with Gasteiger partial charge in [0, 0.05) is 22.7 Å². The molecular formula is C14H14BrNOS. The number of anilines is 1. The molecule has 2 nitrogen and oxygen atoms in total. The van der Waals surface area contributed by atoms with Crippen molar-refractivity contribution in [2.45, 2.75) is 11.4 Å². The van der Waals surface area contributed by atoms with Gasteiger partial charge in [-0.1, -0.05) is 18.2 Å². The summed E-state index contributed by atoms with van der Waals surface area (Å²) < 4.78 is 0.722. The first kappa shape index (κ1) is 13.3. The van der Waals surface area contributed by atoms with Gasteiger partial charge in [-0.25, -0.2) is 0 Å². The van der Waals surface area contributed by atoms with Gasteiger partial charge >= 0.3 is 0 Å². The number of hydrogen-bond acceptors (Lipinski definition) is 3. The summed E-state index contributed by atoms with van der Waals surface area (Å²) in [6.45, 7) is 0.600. The Bertz CT molecular complexity index is 545. The van der Waals surface area contributed by atoms with Crippen molar-refractivity contribution < 1.29 is 5.11 Å². The monoisotopic (exact) mass is 323 g/mol. The van der Waals surface area contributed by atoms with E-state index in [1.165, 1.54) is 4.90 Å². The van der Waals surface area contributed by atoms with Crippen LogP contribution >= 0.6 is 27.7 Å². The van der Waals surface area contributed by atoms with E-state index < -0.39 is 0 Å². The van der Waals surface area contributed by atoms with Crippen LogP contribution < -0.4 is 5.32 Å². The number of halogens is 1. The Hall–Kier alpha value is -1.13. The first-order valence-corrected chi connectivity index (χ1v) is 7.57. The summed E-state index contributed by atoms with van der Waals surface area (Å²) in [6.07, 6.45) is 2.05. The number of thioether (sulfide) groups is 1. The standard InChI is InChI=1S/C14H14BrNOS/c1-18-12-6-3-5-11(8-12)16-9-10-4-2-7-13(15)14(10)17/h2-8,16-17H,9H2,1H3. The summed E-state index contributed by atoms with van der Waals surface area (Å²) in [6, 6.07) is 13.9. The molecule has 0 aliphatic carbocycles. The summed E-state index contributed by atoms with van der Waals surface area (Å²) in [4.78, 5) is 1.22. The number of para-hydroxylation sites is 1. The molecule has 0 radical (unpaired) electrons. The maximum Gasteiger partial charge on any atom is 0.134 e. The van der Waals surface area contributed by atoms with E-state index in [4.69, 9.17) is 0 Å². The molecule has 0 amide bonds. The molecule has 18 heavy (non-hydrogen) atoms. The van der Waals surface area contributed by atoms with Crippen LogP contribution in [0.15, 0.2) is 51.8 Å². The normalized spacial score (nSPS) is 10.3. The molecule has 2 rings (SSSR count). The molecule has 94 valence electrons. The van der Waals surface area contributed by atoms with Crippen molar-refractivity contribution in [1.29, 1.82) is 0 Å². The van der Waals surface area contributed by atoms with Crippen LogP contribution in [0.1, 0.15) is 5.56 Å². The zero-order valence-corrected chi connectivity index (χ0v) is 12.4. The van der Waals surface area contributed by atoms with Crippen LogP contribution in [-0.4, -0.2) is 11.4 Å². The van der Waals surface area contributed by atoms with E-state index in [1.807, 2.05) is 30.3 Å². The second-order valence-corrected chi connectivity index (χ2v) is 5.57. The second-order valence-electron chi connectivity index (χ2n) is 3.83. The zero-order chi connectivity index (χ0) is 13.0. The Kier molecular flexibility index (Phi) is 4.55. The summed E-state index contributed by atoms with van der Waals surface area (Å²) in [5.41, 5.74) is 1.93. The Morgan fingerprint density at radius 2 is 2.00 bits per heavy atom. The quantitative estimate of drug-likeness (QED) is 0.813. The Labute approximate surface area is 120 Å². The third-order valence-corrected chi connectivity index (χ3v) is 3.99. The maximum atomic E-state index is 9.89. The van der Waals surface area contributed by atoms with Crippen molar-refractivity contribution in [1.82, 2.24) is 0 Å². The number of aromatic hydroxyl groups is 1. The summed E-state index contributed by atoms with van der Waals surface area (Å²) in [5, 5.41) is 13.2. The number of phenolic OH excluding ortho intramolecular Hbond substituents is 1. The smallest absolute Gasteiger partial charge is 0.134 e. The summed E-state index contributed by atoms with van der Waals surface area (Å²) >= 11 is 5.03. The fourth-order valence-electron chi connectivity index (χ4n) is 1.63. The molecule has 4 heteroatoms. The first-order valence-electron chi connectivity index (χ1n) is 5.55. The number of benzene rings is 2. The fourth-order valence-corrected chi connectivity index (χ4v) is 2.50. The van der Waals surface area contributed by atoms with E-state index in [-0.39, 0.29) is 0 Å². The molecule has 0 unspecified atom stereocenters. The summed E-state index contributed by atoms with van der Waals surface area (Å²) in [5.74, 6) is 0.297. The van der Waals surface area contributed by atoms with E-state index in [1.54, 1.807) is 11.8 Å². The number of hydrogen-bond donors (Lipinski definition) is 2. The lowest BCUT2D eigenvalue weighted by atomic mass is 10.2. The molecule has 2 N–H and O–H groups in total. The molecule has 0 saturated heterocycles. The minimum Gasteiger partial charge on any atom is -0.506 e. The molecule has 0 aromatic heterocycles. The van der Waals surface area contributed by atoms with Crippen LogP contribution in [0.5, 0.6) is 5.75 Å². The van der Waals surface area contributed by atoms with Crippen molar-refractivity contribution in [2.75, 3.05) is 11.6 Å². The summed E-state index contributed by atoms with van der Waals surface area (Å²) in [7, 11) is 0. The minimum atomic E-state index is 0.297. The predicted molar refractivity (Wildman–Crippen MR) is 81.4 cm³/mol. The molecule has 2 aromatic carbocycles. The molecule has 2 aromatic rings. The van der Waals surface area contributed by atoms with Gasteiger partial charge in [0.2, 0.25) is 0 Å². The fraction of sp³-hybridized carbons (Fsp3) is 0.143. The highest BCUT2D eigenvalue weighted by Gasteiger charge is 2.04. The highest BCUT2D eigenvalue weighted by Crippen LogP contribution is 2.28. The third-order valence-electron chi connectivity index (χ3n) is 2.62. The van der Waals surface area contributed by atoms with E-state index in [0.717, 1.165) is 15.7 Å². The average molecular weight is 324 g/mol. The Balaban J connectivity index is 2.09. The van der Waals surface area contributed by atoms with Gasteiger partial charge in [-0.3, -0.25) is 0 Å². The van der Waals surface area contributed by atoms with Crippen LogP contribution in [-0.2, 0) is 6.54 Å². The van der Waals surface area contributed by atoms with Gasteiger partial charge in [-0.2, -0.15) is 0 Å². The second kappa shape index (κ2) is 6.16. The van der Waals surface area contributed by atoms with Crippen LogP contribution in [0.25, 0.3) is 0 Å². The van der Waals surface area contributed by atoms with Crippen molar-refractivity contribution in [3.8, 4) is 5.75 Å². The van der Waals surface area contributed by atoms with Gasteiger partial charge in [-0.05, 0) is 46.5 Å². The Morgan fingerprint density at radius 3 is 2.78 bits per heavy atom. The van der Waals surface area contributed by atoms with E-state index >= 15 is 0 Å². The third kappa shape index (κ3) is 3.21. The van der Waals surface area contributed by atoms with Gasteiger partial charge in [0.05, 0.1) is 4.47 Å². The lowest BCUT2D eigenvalue weighted by Crippen LogP contribution is -1.99. The van der Waals surface area contributed by atoms with Crippen LogP contribution in [0.2, 0.25) is 0 Å². The van der Waals surface area contributed by atoms with E-state index in [0.29, 0.717) is 12.3 Å². The van der Waals surface area contributed by atoms with Crippen molar-refractivity contribution in [3.63, 3.8) is 0 Å². The molecule has 0 spiro atoms. The topological polar surface area (TPSA) is 32.3 Å². The van der Waals surface area contributed by atoms with Gasteiger partial charge in [0.1, 0.15) is 5.75 Å². The van der Waals surface area contributed by atoms with Gasteiger partial charge < -0.3 is 10.4 Å². The molecular weight excluding hydrogens is 310 g/mol. The highest BCUT2D eigenvalue weighted by molar-refractivity contribution is 9.10. The largest absolute Gasteiger partial charge is 0.506 e. The Morgan fingerprint density at radius 1 is 1.22 bits per heavy atom. The van der Waals surface area contributed by atoms with Crippen molar-refractivity contribution >= 4 is 33.4 Å². The van der Waals surface area contributed by atoms with Gasteiger partial charge in [-0.15, -0.1) is 11.8 Å². The molecule has 0 heterocycles. The lowest BCUT2D eigenvalue weighted by molar-refractivity contribution is 0.465.